The van der Waals surface area contributed by atoms with Crippen LogP contribution in [0.15, 0.2) is 42.5 Å². The monoisotopic (exact) mass is 519 g/mol. The third kappa shape index (κ3) is 6.64. The predicted molar refractivity (Wildman–Crippen MR) is 144 cm³/mol. The molecule has 2 atom stereocenters. The van der Waals surface area contributed by atoms with E-state index in [2.05, 4.69) is 25.9 Å². The molecule has 1 aliphatic carbocycles. The molecule has 1 saturated carbocycles. The van der Waals surface area contributed by atoms with E-state index in [-0.39, 0.29) is 48.7 Å². The SMILES string of the molecule is COc1ccc(NC(=O)c2nc(N[C@H]3CCCC[C@H]3NC(=N)N)c3c(C)cccc3n2)cc1.Cl.Cl. The normalized spacial score (nSPS) is 16.9. The summed E-state index contributed by atoms with van der Waals surface area (Å²) in [6.07, 6.45) is 3.96. The number of nitrogens with one attached hydrogen (secondary N) is 4. The van der Waals surface area contributed by atoms with Crippen molar-refractivity contribution in [3.8, 4) is 5.75 Å². The summed E-state index contributed by atoms with van der Waals surface area (Å²) >= 11 is 0. The Morgan fingerprint density at radius 3 is 2.40 bits per heavy atom. The minimum absolute atomic E-state index is 0. The van der Waals surface area contributed by atoms with E-state index in [0.717, 1.165) is 36.6 Å². The lowest BCUT2D eigenvalue weighted by molar-refractivity contribution is 0.101. The summed E-state index contributed by atoms with van der Waals surface area (Å²) in [4.78, 5) is 22.2. The summed E-state index contributed by atoms with van der Waals surface area (Å²) in [5.41, 5.74) is 7.94. The van der Waals surface area contributed by atoms with E-state index in [0.29, 0.717) is 22.8 Å². The van der Waals surface area contributed by atoms with E-state index in [1.807, 2.05) is 25.1 Å². The van der Waals surface area contributed by atoms with Gasteiger partial charge >= 0.3 is 0 Å². The van der Waals surface area contributed by atoms with Gasteiger partial charge in [0.2, 0.25) is 5.82 Å². The lowest BCUT2D eigenvalue weighted by atomic mass is 9.90. The van der Waals surface area contributed by atoms with Crippen molar-refractivity contribution in [2.45, 2.75) is 44.7 Å². The summed E-state index contributed by atoms with van der Waals surface area (Å²) in [7, 11) is 1.59. The van der Waals surface area contributed by atoms with E-state index in [9.17, 15) is 4.79 Å². The highest BCUT2D eigenvalue weighted by molar-refractivity contribution is 6.04. The van der Waals surface area contributed by atoms with Crippen LogP contribution in [0.5, 0.6) is 5.75 Å². The van der Waals surface area contributed by atoms with Gasteiger partial charge in [-0.25, -0.2) is 9.97 Å². The second-order valence-electron chi connectivity index (χ2n) is 8.25. The number of hydrogen-bond donors (Lipinski definition) is 5. The molecule has 1 heterocycles. The quantitative estimate of drug-likeness (QED) is 0.242. The van der Waals surface area contributed by atoms with Gasteiger partial charge in [0.25, 0.3) is 5.91 Å². The zero-order valence-electron chi connectivity index (χ0n) is 19.6. The van der Waals surface area contributed by atoms with E-state index < -0.39 is 5.91 Å². The molecule has 9 nitrogen and oxygen atoms in total. The molecule has 0 radical (unpaired) electrons. The molecule has 0 spiro atoms. The average molecular weight is 520 g/mol. The molecule has 188 valence electrons. The largest absolute Gasteiger partial charge is 0.497 e. The summed E-state index contributed by atoms with van der Waals surface area (Å²) < 4.78 is 5.17. The number of benzene rings is 2. The number of fused-ring (bicyclic) bond motifs is 1. The molecule has 1 fully saturated rings. The number of carbonyl (C=O) groups is 1. The number of anilines is 2. The molecule has 4 rings (SSSR count). The summed E-state index contributed by atoms with van der Waals surface area (Å²) in [6.45, 7) is 2.00. The summed E-state index contributed by atoms with van der Waals surface area (Å²) in [5, 5.41) is 18.0. The molecule has 0 saturated heterocycles. The number of guanidine groups is 1. The van der Waals surface area contributed by atoms with Gasteiger partial charge in [-0.1, -0.05) is 25.0 Å². The van der Waals surface area contributed by atoms with Crippen molar-refractivity contribution in [2.24, 2.45) is 5.73 Å². The van der Waals surface area contributed by atoms with Crippen molar-refractivity contribution in [3.05, 3.63) is 53.9 Å². The third-order valence-electron chi connectivity index (χ3n) is 5.91. The minimum atomic E-state index is -0.395. The van der Waals surface area contributed by atoms with Crippen LogP contribution in [-0.4, -0.2) is 41.0 Å². The Morgan fingerprint density at radius 2 is 1.74 bits per heavy atom. The number of aromatic nitrogens is 2. The molecule has 0 bridgehead atoms. The highest BCUT2D eigenvalue weighted by Gasteiger charge is 2.27. The number of nitrogens with two attached hydrogens (primary N) is 1. The van der Waals surface area contributed by atoms with E-state index in [1.165, 1.54) is 0 Å². The van der Waals surface area contributed by atoms with Crippen LogP contribution >= 0.6 is 24.8 Å². The number of rotatable bonds is 6. The van der Waals surface area contributed by atoms with Crippen LogP contribution in [0.1, 0.15) is 41.9 Å². The first-order valence-electron chi connectivity index (χ1n) is 11.0. The first kappa shape index (κ1) is 27.9. The average Bonchev–Trinajstić information content (AvgIpc) is 2.80. The maximum absolute atomic E-state index is 13.0. The Labute approximate surface area is 217 Å². The van der Waals surface area contributed by atoms with Crippen molar-refractivity contribution < 1.29 is 9.53 Å². The van der Waals surface area contributed by atoms with Crippen molar-refractivity contribution in [2.75, 3.05) is 17.7 Å². The minimum Gasteiger partial charge on any atom is -0.497 e. The fraction of sp³-hybridized carbons (Fsp3) is 0.333. The summed E-state index contributed by atoms with van der Waals surface area (Å²) in [6, 6.07) is 12.9. The molecule has 1 aliphatic rings. The molecular formula is C24H31Cl2N7O2. The predicted octanol–water partition coefficient (Wildman–Crippen LogP) is 4.25. The Hall–Kier alpha value is -3.30. The standard InChI is InChI=1S/C24H29N7O2.2ClH/c1-14-6-5-9-19-20(14)21(28-17-7-3-4-8-18(17)30-24(25)26)31-22(29-19)23(32)27-15-10-12-16(33-2)13-11-15;;/h5-6,9-13,17-18H,3-4,7-8H2,1-2H3,(H,27,32)(H4,25,26,30)(H,28,29,31);2*1H/t17-,18+;;/m0../s1. The zero-order valence-corrected chi connectivity index (χ0v) is 21.3. The smallest absolute Gasteiger partial charge is 0.293 e. The van der Waals surface area contributed by atoms with Gasteiger partial charge in [0.05, 0.1) is 12.6 Å². The molecule has 35 heavy (non-hydrogen) atoms. The Bertz CT molecular complexity index is 1170. The molecule has 1 amide bonds. The second kappa shape index (κ2) is 12.4. The number of carbonyl (C=O) groups excluding carboxylic acids is 1. The van der Waals surface area contributed by atoms with Gasteiger partial charge in [-0.3, -0.25) is 10.2 Å². The third-order valence-corrected chi connectivity index (χ3v) is 5.91. The number of nitrogens with zero attached hydrogens (tertiary/aromatic N) is 2. The van der Waals surface area contributed by atoms with Crippen LogP contribution in [0.25, 0.3) is 10.9 Å². The maximum atomic E-state index is 13.0. The number of aryl methyl sites for hydroxylation is 1. The molecule has 0 unspecified atom stereocenters. The van der Waals surface area contributed by atoms with Gasteiger partial charge in [-0.05, 0) is 55.7 Å². The van der Waals surface area contributed by atoms with Gasteiger partial charge in [0.1, 0.15) is 11.6 Å². The maximum Gasteiger partial charge on any atom is 0.293 e. The fourth-order valence-corrected chi connectivity index (χ4v) is 4.27. The van der Waals surface area contributed by atoms with Crippen LogP contribution in [-0.2, 0) is 0 Å². The van der Waals surface area contributed by atoms with Crippen molar-refractivity contribution in [3.63, 3.8) is 0 Å². The highest BCUT2D eigenvalue weighted by Crippen LogP contribution is 2.28. The highest BCUT2D eigenvalue weighted by atomic mass is 35.5. The van der Waals surface area contributed by atoms with Gasteiger partial charge in [-0.15, -0.1) is 24.8 Å². The van der Waals surface area contributed by atoms with Crippen LogP contribution in [0.2, 0.25) is 0 Å². The first-order valence-corrected chi connectivity index (χ1v) is 11.0. The Kier molecular flexibility index (Phi) is 9.91. The van der Waals surface area contributed by atoms with E-state index >= 15 is 0 Å². The van der Waals surface area contributed by atoms with Crippen LogP contribution < -0.4 is 26.4 Å². The molecule has 11 heteroatoms. The Morgan fingerprint density at radius 1 is 1.06 bits per heavy atom. The van der Waals surface area contributed by atoms with Gasteiger partial charge in [0, 0.05) is 23.2 Å². The van der Waals surface area contributed by atoms with Gasteiger partial charge in [-0.2, -0.15) is 0 Å². The van der Waals surface area contributed by atoms with Gasteiger partial charge in [0.15, 0.2) is 5.96 Å². The topological polar surface area (TPSA) is 138 Å². The van der Waals surface area contributed by atoms with Gasteiger partial charge < -0.3 is 26.4 Å². The molecule has 6 N–H and O–H groups in total. The molecule has 0 aliphatic heterocycles. The number of amides is 1. The van der Waals surface area contributed by atoms with Crippen LogP contribution in [0.4, 0.5) is 11.5 Å². The zero-order chi connectivity index (χ0) is 23.4. The van der Waals surface area contributed by atoms with Crippen molar-refractivity contribution in [1.29, 1.82) is 5.41 Å². The Balaban J connectivity index is 0.00000216. The van der Waals surface area contributed by atoms with E-state index in [4.69, 9.17) is 15.9 Å². The lowest BCUT2D eigenvalue weighted by Crippen LogP contribution is -2.50. The summed E-state index contributed by atoms with van der Waals surface area (Å²) in [5.74, 6) is 0.960. The van der Waals surface area contributed by atoms with Crippen molar-refractivity contribution in [1.82, 2.24) is 15.3 Å². The number of ether oxygens (including phenoxy) is 1. The number of methoxy groups -OCH3 is 1. The number of halogens is 2. The molecule has 2 aromatic carbocycles. The number of hydrogen-bond acceptors (Lipinski definition) is 6. The van der Waals surface area contributed by atoms with Crippen molar-refractivity contribution >= 4 is 59.1 Å². The van der Waals surface area contributed by atoms with Crippen LogP contribution in [0, 0.1) is 12.3 Å². The van der Waals surface area contributed by atoms with E-state index in [1.54, 1.807) is 31.4 Å². The molecular weight excluding hydrogens is 489 g/mol. The molecule has 3 aromatic rings. The van der Waals surface area contributed by atoms with Crippen LogP contribution in [0.3, 0.4) is 0 Å². The fourth-order valence-electron chi connectivity index (χ4n) is 4.27. The second-order valence-corrected chi connectivity index (χ2v) is 8.25. The molecule has 1 aromatic heterocycles. The lowest BCUT2D eigenvalue weighted by Gasteiger charge is -2.33. The first-order chi connectivity index (χ1) is 15.9.